The Labute approximate surface area is 175 Å². The van der Waals surface area contributed by atoms with Gasteiger partial charge in [0, 0.05) is 0 Å². The van der Waals surface area contributed by atoms with Crippen LogP contribution < -0.4 is 14.2 Å². The standard InChI is InChI=1S/3C7H7O.C2H6.Cr/c3*1-8-7-5-3-2-4-6-7;1-2;/h3*2-6H,1H2;1-2H3;/q3*-1;;+3. The van der Waals surface area contributed by atoms with Gasteiger partial charge in [0.25, 0.3) is 0 Å². The Bertz CT molecular complexity index is 538. The van der Waals surface area contributed by atoms with E-state index in [9.17, 15) is 0 Å². The maximum Gasteiger partial charge on any atom is 3.00 e. The molecule has 0 aliphatic carbocycles. The molecule has 0 fully saturated rings. The van der Waals surface area contributed by atoms with Crippen LogP contribution in [0.25, 0.3) is 0 Å². The first-order valence-electron chi connectivity index (χ1n) is 8.21. The number of hydrogen-bond acceptors (Lipinski definition) is 3. The van der Waals surface area contributed by atoms with Crippen molar-refractivity contribution in [1.29, 1.82) is 0 Å². The third-order valence-electron chi connectivity index (χ3n) is 2.73. The molecule has 0 atom stereocenters. The van der Waals surface area contributed by atoms with E-state index in [1.807, 2.05) is 105 Å². The van der Waals surface area contributed by atoms with Crippen LogP contribution >= 0.6 is 0 Å². The molecule has 4 heteroatoms. The summed E-state index contributed by atoms with van der Waals surface area (Å²) in [6.07, 6.45) is 0. The Morgan fingerprint density at radius 2 is 0.630 bits per heavy atom. The fourth-order valence-electron chi connectivity index (χ4n) is 1.55. The van der Waals surface area contributed by atoms with Crippen molar-refractivity contribution in [2.24, 2.45) is 0 Å². The van der Waals surface area contributed by atoms with Crippen LogP contribution in [0.5, 0.6) is 17.2 Å². The smallest absolute Gasteiger partial charge is 0.665 e. The van der Waals surface area contributed by atoms with E-state index in [2.05, 4.69) is 35.5 Å². The monoisotopic (exact) mass is 403 g/mol. The summed E-state index contributed by atoms with van der Waals surface area (Å²) in [5.74, 6) is 2.40. The number of rotatable bonds is 3. The molecule has 0 spiro atoms. The van der Waals surface area contributed by atoms with E-state index in [0.29, 0.717) is 0 Å². The maximum absolute atomic E-state index is 4.66. The van der Waals surface area contributed by atoms with Crippen molar-refractivity contribution >= 4 is 0 Å². The Hall–Kier alpha value is -2.41. The molecule has 0 saturated heterocycles. The third kappa shape index (κ3) is 14.4. The predicted octanol–water partition coefficient (Wildman–Crippen LogP) is 6.59. The molecule has 0 heterocycles. The number of ether oxygens (including phenoxy) is 3. The van der Waals surface area contributed by atoms with Crippen LogP contribution in [0.2, 0.25) is 0 Å². The molecule has 0 aromatic heterocycles. The Kier molecular flexibility index (Phi) is 19.8. The Balaban J connectivity index is 0. The molecule has 0 N–H and O–H groups in total. The molecule has 3 rings (SSSR count). The fraction of sp³-hybridized carbons (Fsp3) is 0.0870. The first-order valence-corrected chi connectivity index (χ1v) is 8.21. The second-order valence-corrected chi connectivity index (χ2v) is 4.37. The van der Waals surface area contributed by atoms with Gasteiger partial charge in [0.2, 0.25) is 0 Å². The third-order valence-corrected chi connectivity index (χ3v) is 2.73. The van der Waals surface area contributed by atoms with Gasteiger partial charge in [-0.15, -0.1) is 0 Å². The fourth-order valence-corrected chi connectivity index (χ4v) is 1.55. The van der Waals surface area contributed by atoms with Crippen molar-refractivity contribution in [3.63, 3.8) is 0 Å². The molecular weight excluding hydrogens is 376 g/mol. The van der Waals surface area contributed by atoms with Gasteiger partial charge in [0.1, 0.15) is 0 Å². The molecule has 3 nitrogen and oxygen atoms in total. The van der Waals surface area contributed by atoms with Crippen molar-refractivity contribution in [3.8, 4) is 17.2 Å². The summed E-state index contributed by atoms with van der Waals surface area (Å²) in [6, 6.07) is 28.3. The van der Waals surface area contributed by atoms with E-state index in [-0.39, 0.29) is 17.4 Å². The zero-order valence-corrected chi connectivity index (χ0v) is 17.2. The second-order valence-electron chi connectivity index (χ2n) is 4.37. The molecule has 27 heavy (non-hydrogen) atoms. The van der Waals surface area contributed by atoms with Crippen LogP contribution in [-0.2, 0) is 17.4 Å². The van der Waals surface area contributed by atoms with Gasteiger partial charge in [0.15, 0.2) is 0 Å². The topological polar surface area (TPSA) is 27.7 Å². The molecule has 3 aromatic carbocycles. The molecule has 0 aliphatic rings. The van der Waals surface area contributed by atoms with Gasteiger partial charge in [-0.05, 0) is 36.4 Å². The normalized spacial score (nSPS) is 7.89. The quantitative estimate of drug-likeness (QED) is 0.462. The van der Waals surface area contributed by atoms with E-state index < -0.39 is 0 Å². The zero-order chi connectivity index (χ0) is 19.5. The molecular formula is C23H27CrO3. The van der Waals surface area contributed by atoms with Gasteiger partial charge in [-0.25, -0.2) is 0 Å². The molecule has 3 aromatic rings. The van der Waals surface area contributed by atoms with E-state index in [1.165, 1.54) is 0 Å². The van der Waals surface area contributed by atoms with Crippen LogP contribution in [0.1, 0.15) is 13.8 Å². The summed E-state index contributed by atoms with van der Waals surface area (Å²) >= 11 is 0. The van der Waals surface area contributed by atoms with Crippen LogP contribution in [0.15, 0.2) is 91.0 Å². The first-order chi connectivity index (χ1) is 12.8. The predicted molar refractivity (Wildman–Crippen MR) is 109 cm³/mol. The molecule has 1 radical (unpaired) electrons. The molecule has 143 valence electrons. The summed E-state index contributed by atoms with van der Waals surface area (Å²) in [7, 11) is 9.77. The van der Waals surface area contributed by atoms with Gasteiger partial charge >= 0.3 is 17.4 Å². The van der Waals surface area contributed by atoms with Gasteiger partial charge in [-0.1, -0.05) is 68.4 Å². The Morgan fingerprint density at radius 1 is 0.444 bits per heavy atom. The van der Waals surface area contributed by atoms with Crippen LogP contribution in [0.3, 0.4) is 0 Å². The molecule has 0 saturated carbocycles. The molecule has 0 amide bonds. The minimum Gasteiger partial charge on any atom is -0.665 e. The maximum atomic E-state index is 4.66. The van der Waals surface area contributed by atoms with E-state index in [4.69, 9.17) is 0 Å². The largest absolute Gasteiger partial charge is 3.00 e. The molecule has 0 unspecified atom stereocenters. The number of benzene rings is 3. The van der Waals surface area contributed by atoms with E-state index >= 15 is 0 Å². The molecule has 0 aliphatic heterocycles. The minimum atomic E-state index is 0. The zero-order valence-electron chi connectivity index (χ0n) is 15.9. The summed E-state index contributed by atoms with van der Waals surface area (Å²) < 4.78 is 14.0. The van der Waals surface area contributed by atoms with Crippen molar-refractivity contribution < 1.29 is 31.6 Å². The van der Waals surface area contributed by atoms with Crippen LogP contribution in [0, 0.1) is 21.3 Å². The van der Waals surface area contributed by atoms with Crippen molar-refractivity contribution in [2.45, 2.75) is 13.8 Å². The summed E-state index contributed by atoms with van der Waals surface area (Å²) in [5, 5.41) is 0. The average Bonchev–Trinajstić information content (AvgIpc) is 2.77. The molecule has 0 bridgehead atoms. The summed E-state index contributed by atoms with van der Waals surface area (Å²) in [5.41, 5.74) is 0. The van der Waals surface area contributed by atoms with Crippen LogP contribution in [-0.4, -0.2) is 0 Å². The number of para-hydroxylation sites is 3. The SMILES string of the molecule is CC.[CH2-]Oc1ccccc1.[CH2-]Oc1ccccc1.[CH2-]Oc1ccccc1.[Cr+3]. The van der Waals surface area contributed by atoms with Crippen molar-refractivity contribution in [1.82, 2.24) is 0 Å². The van der Waals surface area contributed by atoms with Gasteiger partial charge in [-0.2, -0.15) is 21.3 Å². The Morgan fingerprint density at radius 3 is 0.741 bits per heavy atom. The second kappa shape index (κ2) is 19.9. The van der Waals surface area contributed by atoms with E-state index in [0.717, 1.165) is 17.2 Å². The van der Waals surface area contributed by atoms with Crippen molar-refractivity contribution in [3.05, 3.63) is 112 Å². The average molecular weight is 403 g/mol. The van der Waals surface area contributed by atoms with E-state index in [1.54, 1.807) is 0 Å². The summed E-state index contributed by atoms with van der Waals surface area (Å²) in [4.78, 5) is 0. The van der Waals surface area contributed by atoms with Gasteiger partial charge < -0.3 is 14.2 Å². The van der Waals surface area contributed by atoms with Crippen LogP contribution in [0.4, 0.5) is 0 Å². The number of hydrogen-bond donors (Lipinski definition) is 0. The minimum absolute atomic E-state index is 0. The van der Waals surface area contributed by atoms with Crippen molar-refractivity contribution in [2.75, 3.05) is 0 Å². The first kappa shape index (κ1) is 26.8. The summed E-state index contributed by atoms with van der Waals surface area (Å²) in [6.45, 7) is 4.00. The van der Waals surface area contributed by atoms with Gasteiger partial charge in [0.05, 0.1) is 17.2 Å². The van der Waals surface area contributed by atoms with Gasteiger partial charge in [-0.3, -0.25) is 0 Å².